The average Bonchev–Trinajstić information content (AvgIpc) is 2.97. The van der Waals surface area contributed by atoms with Gasteiger partial charge in [-0.15, -0.1) is 5.10 Å². The van der Waals surface area contributed by atoms with Crippen LogP contribution in [0.4, 0.5) is 0 Å². The highest BCUT2D eigenvalue weighted by Gasteiger charge is 2.28. The maximum atomic E-state index is 11.7. The van der Waals surface area contributed by atoms with Crippen LogP contribution in [0.5, 0.6) is 0 Å². The van der Waals surface area contributed by atoms with Crippen molar-refractivity contribution in [2.24, 2.45) is 5.73 Å². The lowest BCUT2D eigenvalue weighted by Gasteiger charge is -2.23. The number of nitrogens with two attached hydrogens (primary N) is 1. The highest BCUT2D eigenvalue weighted by Crippen LogP contribution is 2.19. The van der Waals surface area contributed by atoms with Gasteiger partial charge in [0.1, 0.15) is 0 Å². The third-order valence-corrected chi connectivity index (χ3v) is 3.19. The predicted molar refractivity (Wildman–Crippen MR) is 62.9 cm³/mol. The summed E-state index contributed by atoms with van der Waals surface area (Å²) in [6.07, 6.45) is 4.55. The first-order chi connectivity index (χ1) is 8.24. The molecule has 2 heterocycles. The molecule has 1 amide bonds. The second kappa shape index (κ2) is 5.27. The molecule has 0 saturated carbocycles. The molecular weight excluding hydrogens is 218 g/mol. The first-order valence-electron chi connectivity index (χ1n) is 6.13. The van der Waals surface area contributed by atoms with Crippen LogP contribution < -0.4 is 5.73 Å². The molecule has 2 N–H and O–H groups in total. The van der Waals surface area contributed by atoms with Crippen molar-refractivity contribution in [2.45, 2.75) is 45.3 Å². The molecule has 6 heteroatoms. The van der Waals surface area contributed by atoms with Crippen LogP contribution in [-0.2, 0) is 17.9 Å². The molecule has 1 aromatic rings. The van der Waals surface area contributed by atoms with E-state index in [0.29, 0.717) is 13.0 Å². The van der Waals surface area contributed by atoms with Gasteiger partial charge in [0.15, 0.2) is 0 Å². The minimum atomic E-state index is 0.228. The zero-order valence-corrected chi connectivity index (χ0v) is 10.2. The molecule has 1 atom stereocenters. The molecule has 1 saturated heterocycles. The summed E-state index contributed by atoms with van der Waals surface area (Å²) in [7, 11) is 0. The quantitative estimate of drug-likeness (QED) is 0.808. The van der Waals surface area contributed by atoms with Gasteiger partial charge in [0, 0.05) is 25.7 Å². The van der Waals surface area contributed by atoms with E-state index in [1.807, 2.05) is 18.0 Å². The van der Waals surface area contributed by atoms with E-state index < -0.39 is 0 Å². The number of carbonyl (C=O) groups excluding carboxylic acids is 1. The Morgan fingerprint density at radius 1 is 1.65 bits per heavy atom. The van der Waals surface area contributed by atoms with Crippen LogP contribution in [0.1, 0.15) is 31.9 Å². The lowest BCUT2D eigenvalue weighted by molar-refractivity contribution is -0.131. The second-order valence-electron chi connectivity index (χ2n) is 4.37. The van der Waals surface area contributed by atoms with Crippen LogP contribution >= 0.6 is 0 Å². The molecule has 1 aliphatic heterocycles. The number of nitrogens with zero attached hydrogens (tertiary/aromatic N) is 4. The molecule has 0 bridgehead atoms. The van der Waals surface area contributed by atoms with Gasteiger partial charge < -0.3 is 10.6 Å². The molecule has 0 unspecified atom stereocenters. The fourth-order valence-corrected chi connectivity index (χ4v) is 2.29. The molecule has 2 rings (SSSR count). The molecule has 6 nitrogen and oxygen atoms in total. The minimum absolute atomic E-state index is 0.228. The highest BCUT2D eigenvalue weighted by atomic mass is 16.2. The third-order valence-electron chi connectivity index (χ3n) is 3.19. The maximum absolute atomic E-state index is 11.7. The topological polar surface area (TPSA) is 77.0 Å². The van der Waals surface area contributed by atoms with Crippen LogP contribution in [-0.4, -0.2) is 38.4 Å². The highest BCUT2D eigenvalue weighted by molar-refractivity contribution is 5.76. The number of carbonyl (C=O) groups is 1. The zero-order valence-electron chi connectivity index (χ0n) is 10.2. The Morgan fingerprint density at radius 2 is 2.47 bits per heavy atom. The molecule has 0 spiro atoms. The Balaban J connectivity index is 2.00. The monoisotopic (exact) mass is 237 g/mol. The summed E-state index contributed by atoms with van der Waals surface area (Å²) >= 11 is 0. The maximum Gasteiger partial charge on any atom is 0.222 e. The van der Waals surface area contributed by atoms with Crippen LogP contribution in [0.15, 0.2) is 6.20 Å². The number of amides is 1. The van der Waals surface area contributed by atoms with Crippen LogP contribution in [0.3, 0.4) is 0 Å². The van der Waals surface area contributed by atoms with Crippen molar-refractivity contribution in [1.29, 1.82) is 0 Å². The van der Waals surface area contributed by atoms with E-state index in [-0.39, 0.29) is 11.9 Å². The van der Waals surface area contributed by atoms with Crippen molar-refractivity contribution in [1.82, 2.24) is 19.9 Å². The minimum Gasteiger partial charge on any atom is -0.338 e. The number of rotatable bonds is 4. The van der Waals surface area contributed by atoms with Gasteiger partial charge in [0.05, 0.1) is 18.3 Å². The van der Waals surface area contributed by atoms with Crippen LogP contribution in [0.2, 0.25) is 0 Å². The van der Waals surface area contributed by atoms with Crippen molar-refractivity contribution in [3.8, 4) is 0 Å². The van der Waals surface area contributed by atoms with E-state index in [4.69, 9.17) is 5.73 Å². The standard InChI is InChI=1S/C11H19N5O/c1-2-11(17)16-5-3-4-10(16)8-15-7-9(6-12)13-14-15/h7,10H,2-6,8,12H2,1H3/t10-/m1/s1. The van der Waals surface area contributed by atoms with E-state index in [1.54, 1.807) is 4.68 Å². The number of hydrogen-bond acceptors (Lipinski definition) is 4. The van der Waals surface area contributed by atoms with Crippen molar-refractivity contribution in [2.75, 3.05) is 6.54 Å². The summed E-state index contributed by atoms with van der Waals surface area (Å²) in [5, 5.41) is 7.97. The number of aromatic nitrogens is 3. The first-order valence-corrected chi connectivity index (χ1v) is 6.13. The normalized spacial score (nSPS) is 19.9. The van der Waals surface area contributed by atoms with Gasteiger partial charge in [0.2, 0.25) is 5.91 Å². The van der Waals surface area contributed by atoms with Crippen molar-refractivity contribution in [3.05, 3.63) is 11.9 Å². The lowest BCUT2D eigenvalue weighted by atomic mass is 10.2. The van der Waals surface area contributed by atoms with E-state index >= 15 is 0 Å². The summed E-state index contributed by atoms with van der Waals surface area (Å²) in [6.45, 7) is 3.90. The van der Waals surface area contributed by atoms with Gasteiger partial charge in [0.25, 0.3) is 0 Å². The Labute approximate surface area is 101 Å². The summed E-state index contributed by atoms with van der Waals surface area (Å²) in [4.78, 5) is 13.7. The fourth-order valence-electron chi connectivity index (χ4n) is 2.29. The second-order valence-corrected chi connectivity index (χ2v) is 4.37. The summed E-state index contributed by atoms with van der Waals surface area (Å²) < 4.78 is 1.79. The first kappa shape index (κ1) is 12.0. The summed E-state index contributed by atoms with van der Waals surface area (Å²) in [6, 6.07) is 0.259. The zero-order chi connectivity index (χ0) is 12.3. The SMILES string of the molecule is CCC(=O)N1CCC[C@@H]1Cn1cc(CN)nn1. The molecule has 0 aromatic carbocycles. The predicted octanol–water partition coefficient (Wildman–Crippen LogP) is 0.138. The van der Waals surface area contributed by atoms with E-state index in [9.17, 15) is 4.79 Å². The molecular formula is C11H19N5O. The van der Waals surface area contributed by atoms with Crippen LogP contribution in [0.25, 0.3) is 0 Å². The summed E-state index contributed by atoms with van der Waals surface area (Å²) in [5.74, 6) is 0.228. The molecule has 0 aliphatic carbocycles. The molecule has 1 aliphatic rings. The largest absolute Gasteiger partial charge is 0.338 e. The smallest absolute Gasteiger partial charge is 0.222 e. The number of likely N-dealkylation sites (tertiary alicyclic amines) is 1. The van der Waals surface area contributed by atoms with Crippen molar-refractivity contribution >= 4 is 5.91 Å². The van der Waals surface area contributed by atoms with Gasteiger partial charge in [-0.1, -0.05) is 12.1 Å². The molecule has 1 aromatic heterocycles. The Morgan fingerprint density at radius 3 is 3.12 bits per heavy atom. The van der Waals surface area contributed by atoms with E-state index in [1.165, 1.54) is 0 Å². The average molecular weight is 237 g/mol. The summed E-state index contributed by atoms with van der Waals surface area (Å²) in [5.41, 5.74) is 6.28. The van der Waals surface area contributed by atoms with Gasteiger partial charge in [-0.05, 0) is 12.8 Å². The van der Waals surface area contributed by atoms with Crippen molar-refractivity contribution < 1.29 is 4.79 Å². The van der Waals surface area contributed by atoms with Gasteiger partial charge in [-0.2, -0.15) is 0 Å². The number of hydrogen-bond donors (Lipinski definition) is 1. The molecule has 0 radical (unpaired) electrons. The lowest BCUT2D eigenvalue weighted by Crippen LogP contribution is -2.37. The molecule has 1 fully saturated rings. The molecule has 94 valence electrons. The van der Waals surface area contributed by atoms with Crippen molar-refractivity contribution in [3.63, 3.8) is 0 Å². The van der Waals surface area contributed by atoms with E-state index in [0.717, 1.165) is 31.6 Å². The third kappa shape index (κ3) is 2.63. The Bertz CT molecular complexity index is 389. The van der Waals surface area contributed by atoms with Gasteiger partial charge >= 0.3 is 0 Å². The molecule has 17 heavy (non-hydrogen) atoms. The fraction of sp³-hybridized carbons (Fsp3) is 0.727. The van der Waals surface area contributed by atoms with Gasteiger partial charge in [-0.25, -0.2) is 0 Å². The van der Waals surface area contributed by atoms with Gasteiger partial charge in [-0.3, -0.25) is 9.48 Å². The Hall–Kier alpha value is -1.43. The Kier molecular flexibility index (Phi) is 3.73. The van der Waals surface area contributed by atoms with E-state index in [2.05, 4.69) is 10.3 Å². The van der Waals surface area contributed by atoms with Crippen LogP contribution in [0, 0.1) is 0 Å².